The molecular weight excluding hydrogens is 266 g/mol. The van der Waals surface area contributed by atoms with Crippen molar-refractivity contribution >= 4 is 6.09 Å². The molecule has 2 rings (SSSR count). The highest BCUT2D eigenvalue weighted by molar-refractivity contribution is 5.67. The van der Waals surface area contributed by atoms with Crippen LogP contribution in [0, 0.1) is 5.41 Å². The number of aliphatic hydroxyl groups excluding tert-OH is 1. The number of piperidine rings is 1. The van der Waals surface area contributed by atoms with Gasteiger partial charge in [-0.3, -0.25) is 0 Å². The molecule has 1 heterocycles. The van der Waals surface area contributed by atoms with E-state index in [4.69, 9.17) is 4.74 Å². The van der Waals surface area contributed by atoms with Crippen LogP contribution in [0.15, 0.2) is 30.3 Å². The first-order valence-corrected chi connectivity index (χ1v) is 7.75. The largest absolute Gasteiger partial charge is 0.445 e. The number of ether oxygens (including phenoxy) is 1. The lowest BCUT2D eigenvalue weighted by atomic mass is 9.74. The fourth-order valence-electron chi connectivity index (χ4n) is 2.99. The topological polar surface area (TPSA) is 49.8 Å². The van der Waals surface area contributed by atoms with Crippen molar-refractivity contribution in [2.45, 2.75) is 39.2 Å². The van der Waals surface area contributed by atoms with Gasteiger partial charge in [0.25, 0.3) is 0 Å². The van der Waals surface area contributed by atoms with Gasteiger partial charge < -0.3 is 14.7 Å². The van der Waals surface area contributed by atoms with E-state index >= 15 is 0 Å². The number of nitrogens with zero attached hydrogens (tertiary/aromatic N) is 1. The first-order chi connectivity index (χ1) is 10.2. The molecule has 116 valence electrons. The fourth-order valence-corrected chi connectivity index (χ4v) is 2.99. The molecule has 1 aliphatic heterocycles. The van der Waals surface area contributed by atoms with Gasteiger partial charge in [-0.25, -0.2) is 4.79 Å². The van der Waals surface area contributed by atoms with Gasteiger partial charge >= 0.3 is 6.09 Å². The van der Waals surface area contributed by atoms with Gasteiger partial charge in [0, 0.05) is 19.7 Å². The number of hydrogen-bond donors (Lipinski definition) is 1. The summed E-state index contributed by atoms with van der Waals surface area (Å²) in [6, 6.07) is 9.73. The maximum atomic E-state index is 12.1. The molecule has 0 bridgehead atoms. The monoisotopic (exact) mass is 291 g/mol. The molecule has 1 aliphatic rings. The number of amides is 1. The zero-order chi connectivity index (χ0) is 15.1. The van der Waals surface area contributed by atoms with Gasteiger partial charge in [0.1, 0.15) is 6.61 Å². The number of hydrogen-bond acceptors (Lipinski definition) is 3. The molecule has 21 heavy (non-hydrogen) atoms. The molecule has 0 unspecified atom stereocenters. The molecule has 1 N–H and O–H groups in total. The van der Waals surface area contributed by atoms with E-state index < -0.39 is 0 Å². The molecule has 0 aromatic heterocycles. The van der Waals surface area contributed by atoms with Crippen molar-refractivity contribution < 1.29 is 14.6 Å². The molecule has 0 aliphatic carbocycles. The Morgan fingerprint density at radius 3 is 2.52 bits per heavy atom. The first kappa shape index (κ1) is 15.8. The van der Waals surface area contributed by atoms with E-state index in [0.29, 0.717) is 6.61 Å². The number of carbonyl (C=O) groups is 1. The highest BCUT2D eigenvalue weighted by Crippen LogP contribution is 2.38. The van der Waals surface area contributed by atoms with Crippen LogP contribution in [-0.4, -0.2) is 35.8 Å². The lowest BCUT2D eigenvalue weighted by Gasteiger charge is -2.40. The van der Waals surface area contributed by atoms with Crippen molar-refractivity contribution in [1.29, 1.82) is 0 Å². The summed E-state index contributed by atoms with van der Waals surface area (Å²) in [6.07, 6.45) is 3.55. The minimum atomic E-state index is -0.229. The summed E-state index contributed by atoms with van der Waals surface area (Å²) in [5, 5.41) is 9.19. The zero-order valence-corrected chi connectivity index (χ0v) is 12.8. The molecule has 0 spiro atoms. The van der Waals surface area contributed by atoms with Crippen LogP contribution < -0.4 is 0 Å². The molecule has 1 amide bonds. The van der Waals surface area contributed by atoms with E-state index in [1.54, 1.807) is 4.90 Å². The second-order valence-electron chi connectivity index (χ2n) is 5.85. The highest BCUT2D eigenvalue weighted by atomic mass is 16.6. The Bertz CT molecular complexity index is 439. The predicted molar refractivity (Wildman–Crippen MR) is 81.9 cm³/mol. The molecule has 1 aromatic carbocycles. The second kappa shape index (κ2) is 7.46. The average Bonchev–Trinajstić information content (AvgIpc) is 2.54. The highest BCUT2D eigenvalue weighted by Gasteiger charge is 2.34. The molecule has 1 aromatic rings. The van der Waals surface area contributed by atoms with E-state index in [-0.39, 0.29) is 18.1 Å². The van der Waals surface area contributed by atoms with Crippen molar-refractivity contribution in [2.75, 3.05) is 19.7 Å². The van der Waals surface area contributed by atoms with Gasteiger partial charge in [-0.1, -0.05) is 43.7 Å². The van der Waals surface area contributed by atoms with E-state index in [9.17, 15) is 9.90 Å². The molecule has 0 atom stereocenters. The van der Waals surface area contributed by atoms with Gasteiger partial charge in [0.2, 0.25) is 0 Å². The molecule has 0 radical (unpaired) electrons. The third-order valence-corrected chi connectivity index (χ3v) is 4.68. The summed E-state index contributed by atoms with van der Waals surface area (Å²) in [4.78, 5) is 13.9. The van der Waals surface area contributed by atoms with E-state index in [1.807, 2.05) is 30.3 Å². The van der Waals surface area contributed by atoms with Gasteiger partial charge in [-0.15, -0.1) is 0 Å². The van der Waals surface area contributed by atoms with E-state index in [1.165, 1.54) is 0 Å². The summed E-state index contributed by atoms with van der Waals surface area (Å²) >= 11 is 0. The number of aliphatic hydroxyl groups is 1. The van der Waals surface area contributed by atoms with Crippen LogP contribution >= 0.6 is 0 Å². The molecule has 4 nitrogen and oxygen atoms in total. The van der Waals surface area contributed by atoms with E-state index in [0.717, 1.165) is 44.3 Å². The first-order valence-electron chi connectivity index (χ1n) is 7.75. The number of rotatable bonds is 5. The van der Waals surface area contributed by atoms with Crippen LogP contribution in [0.4, 0.5) is 4.79 Å². The van der Waals surface area contributed by atoms with Crippen molar-refractivity contribution in [1.82, 2.24) is 4.90 Å². The Balaban J connectivity index is 1.80. The van der Waals surface area contributed by atoms with Crippen LogP contribution in [0.3, 0.4) is 0 Å². The van der Waals surface area contributed by atoms with Gasteiger partial charge in [-0.05, 0) is 30.2 Å². The third kappa shape index (κ3) is 4.21. The minimum absolute atomic E-state index is 0.199. The van der Waals surface area contributed by atoms with E-state index in [2.05, 4.69) is 6.92 Å². The fraction of sp³-hybridized carbons (Fsp3) is 0.588. The van der Waals surface area contributed by atoms with Crippen LogP contribution in [0.5, 0.6) is 0 Å². The predicted octanol–water partition coefficient (Wildman–Crippen LogP) is 3.20. The molecule has 1 saturated heterocycles. The average molecular weight is 291 g/mol. The molecule has 0 saturated carbocycles. The summed E-state index contributed by atoms with van der Waals surface area (Å²) in [5.74, 6) is 0. The summed E-state index contributed by atoms with van der Waals surface area (Å²) in [5.41, 5.74) is 1.20. The van der Waals surface area contributed by atoms with Crippen LogP contribution in [-0.2, 0) is 11.3 Å². The standard InChI is InChI=1S/C17H25NO3/c1-2-17(10-13-19)8-11-18(12-9-17)16(20)21-14-15-6-4-3-5-7-15/h3-7,19H,2,8-14H2,1H3. The van der Waals surface area contributed by atoms with Gasteiger partial charge in [0.15, 0.2) is 0 Å². The van der Waals surface area contributed by atoms with Crippen LogP contribution in [0.2, 0.25) is 0 Å². The Kier molecular flexibility index (Phi) is 5.62. The quantitative estimate of drug-likeness (QED) is 0.906. The molecular formula is C17H25NO3. The summed E-state index contributed by atoms with van der Waals surface area (Å²) in [6.45, 7) is 4.17. The Labute approximate surface area is 126 Å². The van der Waals surface area contributed by atoms with Gasteiger partial charge in [-0.2, -0.15) is 0 Å². The van der Waals surface area contributed by atoms with Crippen molar-refractivity contribution in [2.24, 2.45) is 5.41 Å². The third-order valence-electron chi connectivity index (χ3n) is 4.68. The Hall–Kier alpha value is -1.55. The Morgan fingerprint density at radius 2 is 1.95 bits per heavy atom. The lowest BCUT2D eigenvalue weighted by Crippen LogP contribution is -2.43. The smallest absolute Gasteiger partial charge is 0.410 e. The SMILES string of the molecule is CCC1(CCO)CCN(C(=O)OCc2ccccc2)CC1. The maximum absolute atomic E-state index is 12.1. The van der Waals surface area contributed by atoms with Crippen LogP contribution in [0.25, 0.3) is 0 Å². The Morgan fingerprint density at radius 1 is 1.29 bits per heavy atom. The second-order valence-corrected chi connectivity index (χ2v) is 5.85. The van der Waals surface area contributed by atoms with Gasteiger partial charge in [0.05, 0.1) is 0 Å². The summed E-state index contributed by atoms with van der Waals surface area (Å²) < 4.78 is 5.37. The van der Waals surface area contributed by atoms with Crippen LogP contribution in [0.1, 0.15) is 38.2 Å². The van der Waals surface area contributed by atoms with Crippen molar-refractivity contribution in [3.63, 3.8) is 0 Å². The normalized spacial score (nSPS) is 17.5. The van der Waals surface area contributed by atoms with Crippen molar-refractivity contribution in [3.05, 3.63) is 35.9 Å². The lowest BCUT2D eigenvalue weighted by molar-refractivity contribution is 0.0488. The summed E-state index contributed by atoms with van der Waals surface area (Å²) in [7, 11) is 0. The minimum Gasteiger partial charge on any atom is -0.445 e. The molecule has 1 fully saturated rings. The maximum Gasteiger partial charge on any atom is 0.410 e. The zero-order valence-electron chi connectivity index (χ0n) is 12.8. The number of carbonyl (C=O) groups excluding carboxylic acids is 1. The number of benzene rings is 1. The number of likely N-dealkylation sites (tertiary alicyclic amines) is 1. The molecule has 4 heteroatoms. The van der Waals surface area contributed by atoms with Crippen molar-refractivity contribution in [3.8, 4) is 0 Å².